The summed E-state index contributed by atoms with van der Waals surface area (Å²) in [4.78, 5) is 15.5. The van der Waals surface area contributed by atoms with Crippen LogP contribution in [-0.4, -0.2) is 16.1 Å². The van der Waals surface area contributed by atoms with E-state index in [0.29, 0.717) is 5.75 Å². The Morgan fingerprint density at radius 1 is 1.39 bits per heavy atom. The van der Waals surface area contributed by atoms with Crippen molar-refractivity contribution in [2.45, 2.75) is 10.6 Å². The van der Waals surface area contributed by atoms with Crippen molar-refractivity contribution in [3.8, 4) is 0 Å². The number of halogens is 1. The SMILES string of the molecule is O=C(O)c1cc(SCc2cccnc2)ccc1F. The van der Waals surface area contributed by atoms with Crippen LogP contribution in [0.1, 0.15) is 15.9 Å². The van der Waals surface area contributed by atoms with Crippen LogP contribution < -0.4 is 0 Å². The molecule has 2 rings (SSSR count). The molecule has 0 aliphatic carbocycles. The molecule has 1 aromatic carbocycles. The van der Waals surface area contributed by atoms with Crippen LogP contribution in [0.3, 0.4) is 0 Å². The number of aromatic carboxylic acids is 1. The van der Waals surface area contributed by atoms with Gasteiger partial charge in [0.15, 0.2) is 0 Å². The Bertz CT molecular complexity index is 560. The van der Waals surface area contributed by atoms with Crippen molar-refractivity contribution in [1.29, 1.82) is 0 Å². The van der Waals surface area contributed by atoms with E-state index in [1.54, 1.807) is 18.5 Å². The van der Waals surface area contributed by atoms with E-state index in [9.17, 15) is 9.18 Å². The summed E-state index contributed by atoms with van der Waals surface area (Å²) in [6.45, 7) is 0. The van der Waals surface area contributed by atoms with Gasteiger partial charge in [-0.25, -0.2) is 9.18 Å². The first-order valence-corrected chi connectivity index (χ1v) is 6.20. The van der Waals surface area contributed by atoms with Gasteiger partial charge in [0.2, 0.25) is 0 Å². The third-order valence-corrected chi connectivity index (χ3v) is 3.36. The smallest absolute Gasteiger partial charge is 0.338 e. The molecular formula is C13H10FNO2S. The first-order valence-electron chi connectivity index (χ1n) is 5.21. The lowest BCUT2D eigenvalue weighted by molar-refractivity contribution is 0.0691. The summed E-state index contributed by atoms with van der Waals surface area (Å²) in [6, 6.07) is 7.86. The van der Waals surface area contributed by atoms with Crippen LogP contribution in [0.2, 0.25) is 0 Å². The lowest BCUT2D eigenvalue weighted by Crippen LogP contribution is -2.00. The molecule has 0 radical (unpaired) electrons. The average molecular weight is 263 g/mol. The summed E-state index contributed by atoms with van der Waals surface area (Å²) < 4.78 is 13.2. The van der Waals surface area contributed by atoms with Gasteiger partial charge in [-0.3, -0.25) is 4.98 Å². The van der Waals surface area contributed by atoms with Gasteiger partial charge >= 0.3 is 5.97 Å². The molecule has 0 atom stereocenters. The van der Waals surface area contributed by atoms with Crippen LogP contribution in [-0.2, 0) is 5.75 Å². The normalized spacial score (nSPS) is 10.3. The van der Waals surface area contributed by atoms with E-state index in [2.05, 4.69) is 4.98 Å². The standard InChI is InChI=1S/C13H10FNO2S/c14-12-4-3-10(6-11(12)13(16)17)18-8-9-2-1-5-15-7-9/h1-7H,8H2,(H,16,17). The topological polar surface area (TPSA) is 50.2 Å². The van der Waals surface area contributed by atoms with Gasteiger partial charge in [0.05, 0.1) is 5.56 Å². The monoisotopic (exact) mass is 263 g/mol. The van der Waals surface area contributed by atoms with E-state index in [1.807, 2.05) is 12.1 Å². The number of carboxylic acids is 1. The van der Waals surface area contributed by atoms with E-state index in [1.165, 1.54) is 23.9 Å². The zero-order valence-electron chi connectivity index (χ0n) is 9.34. The molecule has 1 N–H and O–H groups in total. The highest BCUT2D eigenvalue weighted by Gasteiger charge is 2.10. The van der Waals surface area contributed by atoms with Crippen LogP contribution in [0.4, 0.5) is 4.39 Å². The molecule has 0 aliphatic rings. The number of pyridine rings is 1. The molecule has 0 unspecified atom stereocenters. The second kappa shape index (κ2) is 5.64. The molecule has 0 saturated heterocycles. The minimum absolute atomic E-state index is 0.300. The Balaban J connectivity index is 2.11. The van der Waals surface area contributed by atoms with Crippen molar-refractivity contribution in [1.82, 2.24) is 4.98 Å². The van der Waals surface area contributed by atoms with Gasteiger partial charge in [0.25, 0.3) is 0 Å². The van der Waals surface area contributed by atoms with Crippen LogP contribution in [0.25, 0.3) is 0 Å². The number of benzene rings is 1. The minimum Gasteiger partial charge on any atom is -0.478 e. The highest BCUT2D eigenvalue weighted by molar-refractivity contribution is 7.98. The first-order chi connectivity index (χ1) is 8.66. The molecule has 1 heterocycles. The number of hydrogen-bond donors (Lipinski definition) is 1. The quantitative estimate of drug-likeness (QED) is 0.860. The zero-order chi connectivity index (χ0) is 13.0. The van der Waals surface area contributed by atoms with Gasteiger partial charge in [0.1, 0.15) is 5.82 Å². The summed E-state index contributed by atoms with van der Waals surface area (Å²) >= 11 is 1.44. The maximum Gasteiger partial charge on any atom is 0.338 e. The fourth-order valence-electron chi connectivity index (χ4n) is 1.41. The molecule has 92 valence electrons. The fraction of sp³-hybridized carbons (Fsp3) is 0.0769. The van der Waals surface area contributed by atoms with Gasteiger partial charge < -0.3 is 5.11 Å². The van der Waals surface area contributed by atoms with Gasteiger partial charge in [-0.2, -0.15) is 0 Å². The minimum atomic E-state index is -1.25. The van der Waals surface area contributed by atoms with Crippen LogP contribution in [0, 0.1) is 5.82 Å². The molecule has 18 heavy (non-hydrogen) atoms. The summed E-state index contributed by atoms with van der Waals surface area (Å²) in [5.74, 6) is -1.30. The number of aromatic nitrogens is 1. The van der Waals surface area contributed by atoms with Crippen molar-refractivity contribution in [2.24, 2.45) is 0 Å². The van der Waals surface area contributed by atoms with Crippen molar-refractivity contribution in [3.05, 3.63) is 59.7 Å². The van der Waals surface area contributed by atoms with Crippen molar-refractivity contribution in [3.63, 3.8) is 0 Å². The number of nitrogens with zero attached hydrogens (tertiary/aromatic N) is 1. The Kier molecular flexibility index (Phi) is 3.94. The third kappa shape index (κ3) is 3.07. The molecule has 0 amide bonds. The number of rotatable bonds is 4. The summed E-state index contributed by atoms with van der Waals surface area (Å²) in [6.07, 6.45) is 3.43. The van der Waals surface area contributed by atoms with Gasteiger partial charge in [-0.1, -0.05) is 6.07 Å². The number of carbonyl (C=O) groups is 1. The molecule has 0 aliphatic heterocycles. The molecule has 5 heteroatoms. The lowest BCUT2D eigenvalue weighted by atomic mass is 10.2. The van der Waals surface area contributed by atoms with Crippen molar-refractivity contribution >= 4 is 17.7 Å². The molecule has 1 aromatic heterocycles. The third-order valence-electron chi connectivity index (χ3n) is 2.30. The highest BCUT2D eigenvalue weighted by Crippen LogP contribution is 2.24. The maximum atomic E-state index is 13.2. The number of carboxylic acid groups (broad SMARTS) is 1. The summed E-state index contributed by atoms with van der Waals surface area (Å²) in [7, 11) is 0. The lowest BCUT2D eigenvalue weighted by Gasteiger charge is -2.03. The van der Waals surface area contributed by atoms with Crippen molar-refractivity contribution in [2.75, 3.05) is 0 Å². The zero-order valence-corrected chi connectivity index (χ0v) is 10.2. The second-order valence-corrected chi connectivity index (χ2v) is 4.65. The largest absolute Gasteiger partial charge is 0.478 e. The van der Waals surface area contributed by atoms with Crippen LogP contribution in [0.5, 0.6) is 0 Å². The van der Waals surface area contributed by atoms with E-state index in [-0.39, 0.29) is 5.56 Å². The van der Waals surface area contributed by atoms with E-state index in [0.717, 1.165) is 10.5 Å². The molecular weight excluding hydrogens is 253 g/mol. The number of thioether (sulfide) groups is 1. The molecule has 0 spiro atoms. The van der Waals surface area contributed by atoms with E-state index < -0.39 is 11.8 Å². The fourth-order valence-corrected chi connectivity index (χ4v) is 2.28. The first kappa shape index (κ1) is 12.6. The molecule has 0 bridgehead atoms. The second-order valence-electron chi connectivity index (χ2n) is 3.60. The average Bonchev–Trinajstić information content (AvgIpc) is 2.38. The Hall–Kier alpha value is -1.88. The molecule has 0 fully saturated rings. The van der Waals surface area contributed by atoms with Crippen molar-refractivity contribution < 1.29 is 14.3 Å². The molecule has 3 nitrogen and oxygen atoms in total. The summed E-state index contributed by atoms with van der Waals surface area (Å²) in [5, 5.41) is 8.82. The van der Waals surface area contributed by atoms with Gasteiger partial charge in [0, 0.05) is 23.0 Å². The summed E-state index contributed by atoms with van der Waals surface area (Å²) in [5.41, 5.74) is 0.731. The molecule has 0 saturated carbocycles. The van der Waals surface area contributed by atoms with Gasteiger partial charge in [-0.15, -0.1) is 11.8 Å². The Morgan fingerprint density at radius 2 is 2.22 bits per heavy atom. The predicted octanol–water partition coefficient (Wildman–Crippen LogP) is 3.21. The number of hydrogen-bond acceptors (Lipinski definition) is 3. The predicted molar refractivity (Wildman–Crippen MR) is 67.2 cm³/mol. The maximum absolute atomic E-state index is 13.2. The Morgan fingerprint density at radius 3 is 2.89 bits per heavy atom. The van der Waals surface area contributed by atoms with E-state index in [4.69, 9.17) is 5.11 Å². The van der Waals surface area contributed by atoms with Crippen LogP contribution >= 0.6 is 11.8 Å². The van der Waals surface area contributed by atoms with Gasteiger partial charge in [-0.05, 0) is 29.8 Å². The van der Waals surface area contributed by atoms with E-state index >= 15 is 0 Å². The van der Waals surface area contributed by atoms with Crippen LogP contribution in [0.15, 0.2) is 47.6 Å². The Labute approximate surface area is 108 Å². The highest BCUT2D eigenvalue weighted by atomic mass is 32.2. The molecule has 2 aromatic rings.